The van der Waals surface area contributed by atoms with E-state index in [-0.39, 0.29) is 5.91 Å². The van der Waals surface area contributed by atoms with Crippen LogP contribution in [0.5, 0.6) is 0 Å². The predicted molar refractivity (Wildman–Crippen MR) is 70.9 cm³/mol. The minimum Gasteiger partial charge on any atom is -0.456 e. The molecule has 0 radical (unpaired) electrons. The molecule has 2 heterocycles. The highest BCUT2D eigenvalue weighted by molar-refractivity contribution is 7.13. The fraction of sp³-hybridized carbons (Fsp3) is 0.333. The Hall–Kier alpha value is -1.66. The molecule has 2 aromatic heterocycles. The summed E-state index contributed by atoms with van der Waals surface area (Å²) in [5.41, 5.74) is 0.941. The average molecular weight is 265 g/mol. The summed E-state index contributed by atoms with van der Waals surface area (Å²) in [7, 11) is 3.95. The van der Waals surface area contributed by atoms with Crippen molar-refractivity contribution < 1.29 is 9.21 Å². The van der Waals surface area contributed by atoms with Crippen molar-refractivity contribution in [2.24, 2.45) is 0 Å². The maximum absolute atomic E-state index is 11.8. The van der Waals surface area contributed by atoms with Crippen LogP contribution >= 0.6 is 11.3 Å². The molecule has 0 spiro atoms. The molecule has 0 bridgehead atoms. The van der Waals surface area contributed by atoms with Gasteiger partial charge in [0.15, 0.2) is 10.9 Å². The van der Waals surface area contributed by atoms with Crippen LogP contribution in [0, 0.1) is 6.92 Å². The molecule has 0 saturated heterocycles. The van der Waals surface area contributed by atoms with Crippen LogP contribution in [0.1, 0.15) is 22.0 Å². The van der Waals surface area contributed by atoms with Gasteiger partial charge in [0.1, 0.15) is 5.76 Å². The monoisotopic (exact) mass is 265 g/mol. The van der Waals surface area contributed by atoms with E-state index in [4.69, 9.17) is 4.42 Å². The van der Waals surface area contributed by atoms with Crippen LogP contribution in [0.25, 0.3) is 0 Å². The molecular weight excluding hydrogens is 250 g/mol. The number of aryl methyl sites for hydroxylation is 1. The highest BCUT2D eigenvalue weighted by Crippen LogP contribution is 2.17. The van der Waals surface area contributed by atoms with Crippen molar-refractivity contribution in [1.29, 1.82) is 0 Å². The zero-order chi connectivity index (χ0) is 13.1. The zero-order valence-corrected chi connectivity index (χ0v) is 11.4. The quantitative estimate of drug-likeness (QED) is 0.922. The molecule has 1 amide bonds. The molecule has 96 valence electrons. The van der Waals surface area contributed by atoms with Crippen LogP contribution < -0.4 is 5.32 Å². The lowest BCUT2D eigenvalue weighted by molar-refractivity contribution is 0.0995. The Kier molecular flexibility index (Phi) is 3.78. The van der Waals surface area contributed by atoms with E-state index in [0.717, 1.165) is 12.2 Å². The first kappa shape index (κ1) is 12.8. The van der Waals surface area contributed by atoms with E-state index in [1.54, 1.807) is 19.1 Å². The standard InChI is InChI=1S/C12H15N3O2S/c1-8-4-5-10(17-8)11(16)14-12-13-9(7-18-12)6-15(2)3/h4-5,7H,6H2,1-3H3,(H,13,14,16). The first-order valence-corrected chi connectivity index (χ1v) is 6.39. The van der Waals surface area contributed by atoms with E-state index >= 15 is 0 Å². The van der Waals surface area contributed by atoms with Gasteiger partial charge < -0.3 is 9.32 Å². The van der Waals surface area contributed by atoms with Crippen molar-refractivity contribution >= 4 is 22.4 Å². The molecule has 0 aromatic carbocycles. The van der Waals surface area contributed by atoms with Crippen molar-refractivity contribution in [2.75, 3.05) is 19.4 Å². The molecule has 0 atom stereocenters. The van der Waals surface area contributed by atoms with Crippen LogP contribution in [0.2, 0.25) is 0 Å². The van der Waals surface area contributed by atoms with Crippen molar-refractivity contribution in [3.8, 4) is 0 Å². The fourth-order valence-electron chi connectivity index (χ4n) is 1.48. The molecule has 2 aromatic rings. The van der Waals surface area contributed by atoms with Gasteiger partial charge in [-0.2, -0.15) is 0 Å². The second-order valence-electron chi connectivity index (χ2n) is 4.25. The van der Waals surface area contributed by atoms with E-state index in [1.165, 1.54) is 11.3 Å². The number of amides is 1. The largest absolute Gasteiger partial charge is 0.456 e. The van der Waals surface area contributed by atoms with Crippen molar-refractivity contribution in [2.45, 2.75) is 13.5 Å². The van der Waals surface area contributed by atoms with Gasteiger partial charge in [-0.1, -0.05) is 0 Å². The van der Waals surface area contributed by atoms with Gasteiger partial charge in [-0.15, -0.1) is 11.3 Å². The Bertz CT molecular complexity index is 545. The van der Waals surface area contributed by atoms with Crippen LogP contribution in [0.3, 0.4) is 0 Å². The number of anilines is 1. The highest BCUT2D eigenvalue weighted by Gasteiger charge is 2.12. The second kappa shape index (κ2) is 5.32. The molecule has 0 aliphatic heterocycles. The third-order valence-electron chi connectivity index (χ3n) is 2.21. The Balaban J connectivity index is 2.01. The number of carbonyl (C=O) groups excluding carboxylic acids is 1. The second-order valence-corrected chi connectivity index (χ2v) is 5.10. The van der Waals surface area contributed by atoms with Crippen molar-refractivity contribution in [1.82, 2.24) is 9.88 Å². The highest BCUT2D eigenvalue weighted by atomic mass is 32.1. The topological polar surface area (TPSA) is 58.4 Å². The molecule has 0 aliphatic rings. The first-order chi connectivity index (χ1) is 8.54. The van der Waals surface area contributed by atoms with Gasteiger partial charge >= 0.3 is 0 Å². The van der Waals surface area contributed by atoms with Gasteiger partial charge in [0, 0.05) is 11.9 Å². The summed E-state index contributed by atoms with van der Waals surface area (Å²) < 4.78 is 5.25. The molecule has 5 nitrogen and oxygen atoms in total. The van der Waals surface area contributed by atoms with E-state index in [0.29, 0.717) is 16.7 Å². The minimum absolute atomic E-state index is 0.270. The molecule has 0 unspecified atom stereocenters. The number of carbonyl (C=O) groups is 1. The number of hydrogen-bond donors (Lipinski definition) is 1. The van der Waals surface area contributed by atoms with Gasteiger partial charge in [0.2, 0.25) is 0 Å². The molecule has 0 aliphatic carbocycles. The summed E-state index contributed by atoms with van der Waals surface area (Å²) in [6.45, 7) is 2.56. The van der Waals surface area contributed by atoms with Gasteiger partial charge in [0.25, 0.3) is 5.91 Å². The fourth-order valence-corrected chi connectivity index (χ4v) is 2.17. The molecule has 6 heteroatoms. The molecule has 2 rings (SSSR count). The number of rotatable bonds is 4. The lowest BCUT2D eigenvalue weighted by Gasteiger charge is -2.05. The SMILES string of the molecule is Cc1ccc(C(=O)Nc2nc(CN(C)C)cs2)o1. The molecular formula is C12H15N3O2S. The maximum atomic E-state index is 11.8. The van der Waals surface area contributed by atoms with Gasteiger partial charge in [-0.3, -0.25) is 10.1 Å². The van der Waals surface area contributed by atoms with Gasteiger partial charge in [-0.05, 0) is 33.2 Å². The normalized spacial score (nSPS) is 10.9. The number of thiazole rings is 1. The third kappa shape index (κ3) is 3.18. The third-order valence-corrected chi connectivity index (χ3v) is 3.02. The van der Waals surface area contributed by atoms with Crippen LogP contribution in [-0.4, -0.2) is 29.9 Å². The number of furan rings is 1. The Labute approximate surface area is 109 Å². The zero-order valence-electron chi connectivity index (χ0n) is 10.6. The number of nitrogens with one attached hydrogen (secondary N) is 1. The summed E-state index contributed by atoms with van der Waals surface area (Å²) in [5, 5.41) is 5.24. The van der Waals surface area contributed by atoms with E-state index in [1.807, 2.05) is 24.4 Å². The Morgan fingerprint density at radius 1 is 1.50 bits per heavy atom. The van der Waals surface area contributed by atoms with E-state index in [9.17, 15) is 4.79 Å². The Morgan fingerprint density at radius 2 is 2.28 bits per heavy atom. The van der Waals surface area contributed by atoms with Crippen molar-refractivity contribution in [3.63, 3.8) is 0 Å². The Morgan fingerprint density at radius 3 is 2.89 bits per heavy atom. The summed E-state index contributed by atoms with van der Waals surface area (Å²) in [5.74, 6) is 0.748. The average Bonchev–Trinajstić information content (AvgIpc) is 2.87. The summed E-state index contributed by atoms with van der Waals surface area (Å²) >= 11 is 1.41. The smallest absolute Gasteiger partial charge is 0.293 e. The van der Waals surface area contributed by atoms with Crippen molar-refractivity contribution in [3.05, 3.63) is 34.7 Å². The number of hydrogen-bond acceptors (Lipinski definition) is 5. The number of aromatic nitrogens is 1. The molecule has 18 heavy (non-hydrogen) atoms. The lowest BCUT2D eigenvalue weighted by Crippen LogP contribution is -2.12. The first-order valence-electron chi connectivity index (χ1n) is 5.51. The summed E-state index contributed by atoms with van der Waals surface area (Å²) in [6, 6.07) is 3.41. The summed E-state index contributed by atoms with van der Waals surface area (Å²) in [4.78, 5) is 18.2. The van der Waals surface area contributed by atoms with E-state index < -0.39 is 0 Å². The minimum atomic E-state index is -0.270. The predicted octanol–water partition coefficient (Wildman–Crippen LogP) is 2.36. The molecule has 1 N–H and O–H groups in total. The maximum Gasteiger partial charge on any atom is 0.293 e. The van der Waals surface area contributed by atoms with E-state index in [2.05, 4.69) is 10.3 Å². The van der Waals surface area contributed by atoms with Gasteiger partial charge in [0.05, 0.1) is 5.69 Å². The van der Waals surface area contributed by atoms with Crippen LogP contribution in [0.4, 0.5) is 5.13 Å². The number of nitrogens with zero attached hydrogens (tertiary/aromatic N) is 2. The van der Waals surface area contributed by atoms with Crippen LogP contribution in [0.15, 0.2) is 21.9 Å². The van der Waals surface area contributed by atoms with Crippen LogP contribution in [-0.2, 0) is 6.54 Å². The molecule has 0 saturated carbocycles. The lowest BCUT2D eigenvalue weighted by atomic mass is 10.4. The molecule has 0 fully saturated rings. The van der Waals surface area contributed by atoms with Gasteiger partial charge in [-0.25, -0.2) is 4.98 Å². The summed E-state index contributed by atoms with van der Waals surface area (Å²) in [6.07, 6.45) is 0.